The van der Waals surface area contributed by atoms with Gasteiger partial charge in [0.2, 0.25) is 0 Å². The molecule has 0 aromatic heterocycles. The molecule has 0 bridgehead atoms. The summed E-state index contributed by atoms with van der Waals surface area (Å²) >= 11 is 11.7. The number of allylic oxidation sites excluding steroid dienone is 2. The first-order valence-electron chi connectivity index (χ1n) is 6.02. The van der Waals surface area contributed by atoms with Gasteiger partial charge in [0.05, 0.1) is 0 Å². The molecule has 0 aliphatic rings. The summed E-state index contributed by atoms with van der Waals surface area (Å²) in [7, 11) is 0. The third kappa shape index (κ3) is 3.62. The molecule has 0 saturated carbocycles. The Morgan fingerprint density at radius 1 is 0.900 bits per heavy atom. The van der Waals surface area contributed by atoms with Crippen molar-refractivity contribution in [1.82, 2.24) is 0 Å². The van der Waals surface area contributed by atoms with E-state index in [-0.39, 0.29) is 0 Å². The van der Waals surface area contributed by atoms with Crippen LogP contribution in [0.1, 0.15) is 18.1 Å². The van der Waals surface area contributed by atoms with E-state index < -0.39 is 0 Å². The van der Waals surface area contributed by atoms with Gasteiger partial charge in [-0.15, -0.1) is 0 Å². The van der Waals surface area contributed by atoms with Crippen molar-refractivity contribution in [3.63, 3.8) is 0 Å². The Bertz CT molecular complexity index is 643. The van der Waals surface area contributed by atoms with Gasteiger partial charge in [-0.25, -0.2) is 0 Å². The molecule has 102 valence electrons. The highest BCUT2D eigenvalue weighted by atomic mass is 35.5. The van der Waals surface area contributed by atoms with E-state index in [9.17, 15) is 5.21 Å². The minimum absolute atomic E-state index is 0.481. The number of halogens is 2. The molecule has 2 aromatic carbocycles. The van der Waals surface area contributed by atoms with Gasteiger partial charge >= 0.3 is 0 Å². The Hall–Kier alpha value is -1.77. The van der Waals surface area contributed by atoms with Crippen molar-refractivity contribution < 1.29 is 5.21 Å². The molecular formula is C16H13Cl2NO. The van der Waals surface area contributed by atoms with Gasteiger partial charge < -0.3 is 5.21 Å². The summed E-state index contributed by atoms with van der Waals surface area (Å²) in [6.45, 7) is 1.95. The van der Waals surface area contributed by atoms with Crippen LogP contribution in [0.25, 0.3) is 5.57 Å². The molecule has 0 fully saturated rings. The summed E-state index contributed by atoms with van der Waals surface area (Å²) in [5, 5.41) is 13.9. The van der Waals surface area contributed by atoms with E-state index in [1.807, 2.05) is 49.4 Å². The monoisotopic (exact) mass is 305 g/mol. The van der Waals surface area contributed by atoms with Crippen molar-refractivity contribution in [3.05, 3.63) is 75.8 Å². The zero-order chi connectivity index (χ0) is 14.5. The molecule has 20 heavy (non-hydrogen) atoms. The van der Waals surface area contributed by atoms with E-state index in [4.69, 9.17) is 23.2 Å². The molecule has 0 atom stereocenters. The van der Waals surface area contributed by atoms with E-state index in [2.05, 4.69) is 5.16 Å². The molecule has 0 heterocycles. The van der Waals surface area contributed by atoms with Crippen LogP contribution in [-0.4, -0.2) is 10.9 Å². The maximum absolute atomic E-state index is 9.18. The van der Waals surface area contributed by atoms with Gasteiger partial charge in [-0.3, -0.25) is 0 Å². The Labute approximate surface area is 128 Å². The average Bonchev–Trinajstić information content (AvgIpc) is 2.46. The van der Waals surface area contributed by atoms with E-state index in [0.29, 0.717) is 15.8 Å². The Morgan fingerprint density at radius 2 is 1.35 bits per heavy atom. The van der Waals surface area contributed by atoms with Crippen LogP contribution in [0.15, 0.2) is 59.8 Å². The molecule has 2 nitrogen and oxygen atoms in total. The van der Waals surface area contributed by atoms with Gasteiger partial charge in [-0.1, -0.05) is 52.6 Å². The van der Waals surface area contributed by atoms with Crippen molar-refractivity contribution in [2.45, 2.75) is 6.92 Å². The fraction of sp³-hybridized carbons (Fsp3) is 0.0625. The molecule has 0 aliphatic carbocycles. The third-order valence-electron chi connectivity index (χ3n) is 2.90. The second-order valence-electron chi connectivity index (χ2n) is 4.33. The van der Waals surface area contributed by atoms with Gasteiger partial charge in [0.15, 0.2) is 0 Å². The first-order chi connectivity index (χ1) is 9.60. The topological polar surface area (TPSA) is 32.6 Å². The molecule has 0 amide bonds. The van der Waals surface area contributed by atoms with E-state index in [1.165, 1.54) is 0 Å². The van der Waals surface area contributed by atoms with E-state index in [1.54, 1.807) is 12.1 Å². The highest BCUT2D eigenvalue weighted by molar-refractivity contribution is 6.31. The zero-order valence-electron chi connectivity index (χ0n) is 10.8. The van der Waals surface area contributed by atoms with Gasteiger partial charge in [0.1, 0.15) is 5.71 Å². The Kier molecular flexibility index (Phi) is 4.83. The van der Waals surface area contributed by atoms with Crippen molar-refractivity contribution >= 4 is 34.5 Å². The SMILES string of the molecule is C/C(=C\C(=N/O)c1ccc(Cl)cc1)c1ccc(Cl)cc1. The summed E-state index contributed by atoms with van der Waals surface area (Å²) in [4.78, 5) is 0. The van der Waals surface area contributed by atoms with Crippen molar-refractivity contribution in [3.8, 4) is 0 Å². The molecule has 0 aliphatic heterocycles. The first kappa shape index (κ1) is 14.6. The lowest BCUT2D eigenvalue weighted by Gasteiger charge is -2.04. The fourth-order valence-corrected chi connectivity index (χ4v) is 2.04. The minimum Gasteiger partial charge on any atom is -0.410 e. The average molecular weight is 306 g/mol. The lowest BCUT2D eigenvalue weighted by atomic mass is 10.0. The Morgan fingerprint density at radius 3 is 1.80 bits per heavy atom. The first-order valence-corrected chi connectivity index (χ1v) is 6.78. The molecule has 0 radical (unpaired) electrons. The van der Waals surface area contributed by atoms with E-state index >= 15 is 0 Å². The third-order valence-corrected chi connectivity index (χ3v) is 3.40. The Balaban J connectivity index is 2.31. The van der Waals surface area contributed by atoms with Crippen molar-refractivity contribution in [1.29, 1.82) is 0 Å². The summed E-state index contributed by atoms with van der Waals surface area (Å²) in [5.41, 5.74) is 3.27. The molecule has 0 saturated heterocycles. The molecular weight excluding hydrogens is 293 g/mol. The fourth-order valence-electron chi connectivity index (χ4n) is 1.79. The maximum Gasteiger partial charge on any atom is 0.110 e. The predicted molar refractivity (Wildman–Crippen MR) is 84.9 cm³/mol. The summed E-state index contributed by atoms with van der Waals surface area (Å²) in [6.07, 6.45) is 1.81. The second-order valence-corrected chi connectivity index (χ2v) is 5.20. The van der Waals surface area contributed by atoms with Crippen LogP contribution >= 0.6 is 23.2 Å². The zero-order valence-corrected chi connectivity index (χ0v) is 12.4. The lowest BCUT2D eigenvalue weighted by molar-refractivity contribution is 0.320. The van der Waals surface area contributed by atoms with Crippen LogP contribution in [0.5, 0.6) is 0 Å². The standard InChI is InChI=1S/C16H13Cl2NO/c1-11(12-2-6-14(17)7-3-12)10-16(19-20)13-4-8-15(18)9-5-13/h2-10,20H,1H3/b11-10+,19-16+. The lowest BCUT2D eigenvalue weighted by Crippen LogP contribution is -1.97. The number of benzene rings is 2. The molecule has 1 N–H and O–H groups in total. The smallest absolute Gasteiger partial charge is 0.110 e. The number of nitrogens with zero attached hydrogens (tertiary/aromatic N) is 1. The van der Waals surface area contributed by atoms with Crippen LogP contribution in [0.4, 0.5) is 0 Å². The minimum atomic E-state index is 0.481. The summed E-state index contributed by atoms with van der Waals surface area (Å²) in [6, 6.07) is 14.6. The number of hydrogen-bond donors (Lipinski definition) is 1. The van der Waals surface area contributed by atoms with Crippen LogP contribution in [0, 0.1) is 0 Å². The largest absolute Gasteiger partial charge is 0.410 e. The van der Waals surface area contributed by atoms with Crippen LogP contribution in [0.3, 0.4) is 0 Å². The molecule has 2 aromatic rings. The molecule has 0 unspecified atom stereocenters. The van der Waals surface area contributed by atoms with Crippen LogP contribution in [-0.2, 0) is 0 Å². The van der Waals surface area contributed by atoms with Crippen molar-refractivity contribution in [2.75, 3.05) is 0 Å². The quantitative estimate of drug-likeness (QED) is 0.467. The van der Waals surface area contributed by atoms with Gasteiger partial charge in [-0.2, -0.15) is 0 Å². The summed E-state index contributed by atoms with van der Waals surface area (Å²) < 4.78 is 0. The van der Waals surface area contributed by atoms with Crippen LogP contribution in [0.2, 0.25) is 10.0 Å². The predicted octanol–water partition coefficient (Wildman–Crippen LogP) is 5.28. The number of hydrogen-bond acceptors (Lipinski definition) is 2. The second kappa shape index (κ2) is 6.60. The summed E-state index contributed by atoms with van der Waals surface area (Å²) in [5.74, 6) is 0. The molecule has 2 rings (SSSR count). The van der Waals surface area contributed by atoms with Gasteiger partial charge in [-0.05, 0) is 48.4 Å². The van der Waals surface area contributed by atoms with Gasteiger partial charge in [0, 0.05) is 15.6 Å². The van der Waals surface area contributed by atoms with Gasteiger partial charge in [0.25, 0.3) is 0 Å². The highest BCUT2D eigenvalue weighted by Gasteiger charge is 2.03. The molecule has 4 heteroatoms. The maximum atomic E-state index is 9.18. The highest BCUT2D eigenvalue weighted by Crippen LogP contribution is 2.19. The normalized spacial score (nSPS) is 12.6. The molecule has 0 spiro atoms. The van der Waals surface area contributed by atoms with Crippen LogP contribution < -0.4 is 0 Å². The van der Waals surface area contributed by atoms with E-state index in [0.717, 1.165) is 16.7 Å². The number of rotatable bonds is 3. The van der Waals surface area contributed by atoms with Crippen molar-refractivity contribution in [2.24, 2.45) is 5.16 Å². The number of oxime groups is 1.